The number of halogens is 2. The lowest BCUT2D eigenvalue weighted by molar-refractivity contribution is 0.555. The van der Waals surface area contributed by atoms with E-state index in [0.29, 0.717) is 11.1 Å². The van der Waals surface area contributed by atoms with E-state index in [1.165, 1.54) is 11.3 Å². The Morgan fingerprint density at radius 2 is 2.09 bits per heavy atom. The molecule has 1 atom stereocenters. The average molecular weight is 346 g/mol. The Kier molecular flexibility index (Phi) is 5.25. The van der Waals surface area contributed by atoms with Gasteiger partial charge in [-0.15, -0.1) is 11.3 Å². The van der Waals surface area contributed by atoms with Gasteiger partial charge in [-0.2, -0.15) is 0 Å². The molecule has 0 aliphatic heterocycles. The smallest absolute Gasteiger partial charge is 0.216 e. The Balaban J connectivity index is 2.10. The number of nitrogens with one attached hydrogen (secondary N) is 1. The van der Waals surface area contributed by atoms with E-state index in [9.17, 15) is 17.2 Å². The number of rotatable bonds is 6. The van der Waals surface area contributed by atoms with Crippen molar-refractivity contribution in [2.75, 3.05) is 0 Å². The molecule has 0 aliphatic rings. The molecule has 8 heteroatoms. The van der Waals surface area contributed by atoms with Crippen molar-refractivity contribution in [1.82, 2.24) is 9.71 Å². The second-order valence-corrected chi connectivity index (χ2v) is 7.75. The molecule has 4 nitrogen and oxygen atoms in total. The minimum Gasteiger partial charge on any atom is -0.248 e. The first-order chi connectivity index (χ1) is 10.3. The Morgan fingerprint density at radius 3 is 2.68 bits per heavy atom. The summed E-state index contributed by atoms with van der Waals surface area (Å²) in [4.78, 5) is 5.24. The van der Waals surface area contributed by atoms with Crippen LogP contribution in [0.4, 0.5) is 8.78 Å². The summed E-state index contributed by atoms with van der Waals surface area (Å²) in [5, 5.41) is 0.653. The van der Waals surface area contributed by atoms with Crippen molar-refractivity contribution < 1.29 is 17.2 Å². The van der Waals surface area contributed by atoms with Crippen molar-refractivity contribution in [2.45, 2.75) is 32.1 Å². The summed E-state index contributed by atoms with van der Waals surface area (Å²) >= 11 is 1.43. The molecule has 2 aromatic rings. The van der Waals surface area contributed by atoms with Gasteiger partial charge in [0.2, 0.25) is 10.0 Å². The van der Waals surface area contributed by atoms with Gasteiger partial charge in [-0.25, -0.2) is 26.9 Å². The fraction of sp³-hybridized carbons (Fsp3) is 0.357. The van der Waals surface area contributed by atoms with E-state index in [1.54, 1.807) is 13.1 Å². The average Bonchev–Trinajstić information content (AvgIpc) is 2.90. The number of thiazole rings is 1. The van der Waals surface area contributed by atoms with Gasteiger partial charge in [0, 0.05) is 22.7 Å². The standard InChI is InChI=1S/C14H16F2N2O2S2/c1-3-12-7-17-14(21-12)9(2)18-22(19,20)8-10-4-5-11(15)6-13(10)16/h4-7,9,18H,3,8H2,1-2H3/t9-/m0/s1. The number of hydrogen-bond acceptors (Lipinski definition) is 4. The molecule has 120 valence electrons. The SMILES string of the molecule is CCc1cnc([C@H](C)NS(=O)(=O)Cc2ccc(F)cc2F)s1. The Labute approximate surface area is 132 Å². The normalized spacial score (nSPS) is 13.3. The zero-order valence-corrected chi connectivity index (χ0v) is 13.8. The van der Waals surface area contributed by atoms with Crippen LogP contribution in [-0.4, -0.2) is 13.4 Å². The number of hydrogen-bond donors (Lipinski definition) is 1. The van der Waals surface area contributed by atoms with Crippen molar-refractivity contribution in [2.24, 2.45) is 0 Å². The monoisotopic (exact) mass is 346 g/mol. The van der Waals surface area contributed by atoms with Gasteiger partial charge in [0.15, 0.2) is 0 Å². The number of nitrogens with zero attached hydrogens (tertiary/aromatic N) is 1. The van der Waals surface area contributed by atoms with Crippen LogP contribution >= 0.6 is 11.3 Å². The maximum absolute atomic E-state index is 13.5. The van der Waals surface area contributed by atoms with Crippen molar-refractivity contribution in [3.63, 3.8) is 0 Å². The molecule has 0 saturated heterocycles. The van der Waals surface area contributed by atoms with Crippen LogP contribution in [0.1, 0.15) is 35.3 Å². The van der Waals surface area contributed by atoms with Gasteiger partial charge < -0.3 is 0 Å². The minimum absolute atomic E-state index is 0.0746. The summed E-state index contributed by atoms with van der Waals surface area (Å²) in [7, 11) is -3.76. The third kappa shape index (κ3) is 4.31. The first-order valence-corrected chi connectivity index (χ1v) is 9.16. The lowest BCUT2D eigenvalue weighted by atomic mass is 10.2. The zero-order valence-electron chi connectivity index (χ0n) is 12.1. The molecule has 0 radical (unpaired) electrons. The summed E-state index contributed by atoms with van der Waals surface area (Å²) in [6.07, 6.45) is 2.54. The third-order valence-electron chi connectivity index (χ3n) is 3.01. The van der Waals surface area contributed by atoms with Crippen LogP contribution in [0.3, 0.4) is 0 Å². The lowest BCUT2D eigenvalue weighted by Crippen LogP contribution is -2.28. The topological polar surface area (TPSA) is 59.1 Å². The van der Waals surface area contributed by atoms with E-state index in [-0.39, 0.29) is 5.56 Å². The first kappa shape index (κ1) is 17.0. The summed E-state index contributed by atoms with van der Waals surface area (Å²) in [6, 6.07) is 2.33. The molecule has 0 aliphatic carbocycles. The van der Waals surface area contributed by atoms with E-state index in [0.717, 1.165) is 23.4 Å². The second kappa shape index (κ2) is 6.80. The molecule has 0 amide bonds. The maximum atomic E-state index is 13.5. The Hall–Kier alpha value is -1.38. The first-order valence-electron chi connectivity index (χ1n) is 6.69. The highest BCUT2D eigenvalue weighted by molar-refractivity contribution is 7.88. The zero-order chi connectivity index (χ0) is 16.3. The van der Waals surface area contributed by atoms with Gasteiger partial charge >= 0.3 is 0 Å². The van der Waals surface area contributed by atoms with Gasteiger partial charge in [-0.1, -0.05) is 13.0 Å². The molecular formula is C14H16F2N2O2S2. The number of sulfonamides is 1. The molecule has 0 fully saturated rings. The van der Waals surface area contributed by atoms with Gasteiger partial charge in [0.1, 0.15) is 16.6 Å². The van der Waals surface area contributed by atoms with Crippen LogP contribution in [0.15, 0.2) is 24.4 Å². The quantitative estimate of drug-likeness (QED) is 0.874. The fourth-order valence-corrected chi connectivity index (χ4v) is 4.20. The highest BCUT2D eigenvalue weighted by atomic mass is 32.2. The van der Waals surface area contributed by atoms with Crippen LogP contribution in [0, 0.1) is 11.6 Å². The van der Waals surface area contributed by atoms with Gasteiger partial charge in [-0.05, 0) is 19.4 Å². The molecule has 0 bridgehead atoms. The van der Waals surface area contributed by atoms with E-state index in [4.69, 9.17) is 0 Å². The summed E-state index contributed by atoms with van der Waals surface area (Å²) in [5.74, 6) is -2.16. The highest BCUT2D eigenvalue weighted by Crippen LogP contribution is 2.22. The fourth-order valence-electron chi connectivity index (χ4n) is 1.89. The lowest BCUT2D eigenvalue weighted by Gasteiger charge is -2.12. The molecular weight excluding hydrogens is 330 g/mol. The summed E-state index contributed by atoms with van der Waals surface area (Å²) in [5.41, 5.74) is -0.0746. The molecule has 1 aromatic heterocycles. The predicted octanol–water partition coefficient (Wildman–Crippen LogP) is 3.16. The van der Waals surface area contributed by atoms with Gasteiger partial charge in [0.05, 0.1) is 11.8 Å². The van der Waals surface area contributed by atoms with Crippen LogP contribution in [0.2, 0.25) is 0 Å². The molecule has 22 heavy (non-hydrogen) atoms. The molecule has 0 spiro atoms. The van der Waals surface area contributed by atoms with Crippen LogP contribution in [-0.2, 0) is 22.2 Å². The second-order valence-electron chi connectivity index (χ2n) is 4.85. The van der Waals surface area contributed by atoms with E-state index < -0.39 is 33.5 Å². The van der Waals surface area contributed by atoms with Crippen molar-refractivity contribution in [3.05, 3.63) is 51.5 Å². The molecule has 2 rings (SSSR count). The van der Waals surface area contributed by atoms with Crippen molar-refractivity contribution in [3.8, 4) is 0 Å². The van der Waals surface area contributed by atoms with Crippen LogP contribution < -0.4 is 4.72 Å². The van der Waals surface area contributed by atoms with E-state index in [1.807, 2.05) is 6.92 Å². The van der Waals surface area contributed by atoms with Crippen LogP contribution in [0.25, 0.3) is 0 Å². The molecule has 1 aromatic carbocycles. The molecule has 1 N–H and O–H groups in total. The van der Waals surface area contributed by atoms with Gasteiger partial charge in [0.25, 0.3) is 0 Å². The summed E-state index contributed by atoms with van der Waals surface area (Å²) < 4.78 is 53.0. The maximum Gasteiger partial charge on any atom is 0.216 e. The summed E-state index contributed by atoms with van der Waals surface area (Å²) in [6.45, 7) is 3.67. The van der Waals surface area contributed by atoms with Crippen molar-refractivity contribution >= 4 is 21.4 Å². The third-order valence-corrected chi connectivity index (χ3v) is 5.74. The molecule has 1 heterocycles. The Bertz CT molecular complexity index is 760. The van der Waals surface area contributed by atoms with Gasteiger partial charge in [-0.3, -0.25) is 0 Å². The van der Waals surface area contributed by atoms with E-state index in [2.05, 4.69) is 9.71 Å². The Morgan fingerprint density at radius 1 is 1.36 bits per heavy atom. The van der Waals surface area contributed by atoms with Crippen molar-refractivity contribution in [1.29, 1.82) is 0 Å². The van der Waals surface area contributed by atoms with Crippen LogP contribution in [0.5, 0.6) is 0 Å². The number of aromatic nitrogens is 1. The number of benzene rings is 1. The highest BCUT2D eigenvalue weighted by Gasteiger charge is 2.20. The largest absolute Gasteiger partial charge is 0.248 e. The molecule has 0 unspecified atom stereocenters. The predicted molar refractivity (Wildman–Crippen MR) is 82.0 cm³/mol. The minimum atomic E-state index is -3.76. The molecule has 0 saturated carbocycles. The van der Waals surface area contributed by atoms with E-state index >= 15 is 0 Å². The number of aryl methyl sites for hydroxylation is 1.